The van der Waals surface area contributed by atoms with Crippen LogP contribution in [0.5, 0.6) is 0 Å². The molecular weight excluding hydrogens is 382 g/mol. The summed E-state index contributed by atoms with van der Waals surface area (Å²) in [7, 11) is 0. The standard InChI is InChI=1S/C22H21N5OS/c1-2-3-12-29-18-11-7-8-16(13-18)15-24-27-22-25-20(17-9-5-4-6-10-17)19(14-23)21(28)26-22/h4-11,13,15H,2-3,12H2,1H3,(H2,25,26,27,28). The number of nitrogens with one attached hydrogen (secondary N) is 2. The van der Waals surface area contributed by atoms with Gasteiger partial charge in [-0.15, -0.1) is 11.8 Å². The molecule has 1 heterocycles. The second-order valence-corrected chi connectivity index (χ2v) is 7.43. The molecule has 1 aromatic heterocycles. The van der Waals surface area contributed by atoms with E-state index in [0.717, 1.165) is 11.3 Å². The molecule has 6 nitrogen and oxygen atoms in total. The van der Waals surface area contributed by atoms with Gasteiger partial charge in [-0.05, 0) is 29.9 Å². The molecule has 0 saturated carbocycles. The normalized spacial score (nSPS) is 10.8. The fourth-order valence-electron chi connectivity index (χ4n) is 2.62. The fourth-order valence-corrected chi connectivity index (χ4v) is 3.68. The zero-order valence-electron chi connectivity index (χ0n) is 16.1. The lowest BCUT2D eigenvalue weighted by Crippen LogP contribution is -2.16. The minimum atomic E-state index is -0.506. The highest BCUT2D eigenvalue weighted by atomic mass is 32.2. The van der Waals surface area contributed by atoms with Crippen LogP contribution in [0.25, 0.3) is 11.3 Å². The Bertz CT molecular complexity index is 1090. The Morgan fingerprint density at radius 2 is 2.07 bits per heavy atom. The molecular formula is C22H21N5OS. The van der Waals surface area contributed by atoms with Gasteiger partial charge in [-0.1, -0.05) is 55.8 Å². The number of unbranched alkanes of at least 4 members (excludes halogenated alkanes) is 1. The van der Waals surface area contributed by atoms with Gasteiger partial charge >= 0.3 is 0 Å². The minimum Gasteiger partial charge on any atom is -0.290 e. The van der Waals surface area contributed by atoms with Crippen molar-refractivity contribution >= 4 is 23.9 Å². The van der Waals surface area contributed by atoms with Crippen LogP contribution in [0.2, 0.25) is 0 Å². The quantitative estimate of drug-likeness (QED) is 0.247. The molecule has 0 unspecified atom stereocenters. The Morgan fingerprint density at radius 3 is 2.83 bits per heavy atom. The van der Waals surface area contributed by atoms with E-state index >= 15 is 0 Å². The number of H-pyrrole nitrogens is 1. The average Bonchev–Trinajstić information content (AvgIpc) is 2.74. The summed E-state index contributed by atoms with van der Waals surface area (Å²) >= 11 is 1.82. The molecule has 0 aliphatic rings. The Kier molecular flexibility index (Phi) is 7.20. The zero-order chi connectivity index (χ0) is 20.5. The number of hydrazone groups is 1. The highest BCUT2D eigenvalue weighted by molar-refractivity contribution is 7.99. The molecule has 0 fully saturated rings. The van der Waals surface area contributed by atoms with Crippen LogP contribution in [0.15, 0.2) is 69.4 Å². The minimum absolute atomic E-state index is 0.0254. The average molecular weight is 404 g/mol. The molecule has 0 atom stereocenters. The van der Waals surface area contributed by atoms with Gasteiger partial charge in [0.05, 0.1) is 11.9 Å². The zero-order valence-corrected chi connectivity index (χ0v) is 16.9. The van der Waals surface area contributed by atoms with Gasteiger partial charge in [0, 0.05) is 10.5 Å². The largest absolute Gasteiger partial charge is 0.290 e. The highest BCUT2D eigenvalue weighted by Gasteiger charge is 2.12. The molecule has 2 N–H and O–H groups in total. The van der Waals surface area contributed by atoms with Gasteiger partial charge in [0.2, 0.25) is 5.95 Å². The SMILES string of the molecule is CCCCSc1cccc(C=NNc2nc(-c3ccccc3)c(C#N)c(=O)[nH]2)c1. The molecule has 146 valence electrons. The molecule has 0 radical (unpaired) electrons. The summed E-state index contributed by atoms with van der Waals surface area (Å²) in [5.41, 5.74) is 4.18. The molecule has 0 aliphatic heterocycles. The van der Waals surface area contributed by atoms with Crippen LogP contribution < -0.4 is 11.0 Å². The number of thioether (sulfide) groups is 1. The van der Waals surface area contributed by atoms with E-state index in [9.17, 15) is 10.1 Å². The van der Waals surface area contributed by atoms with Crippen molar-refractivity contribution in [3.8, 4) is 17.3 Å². The van der Waals surface area contributed by atoms with Crippen molar-refractivity contribution in [1.82, 2.24) is 9.97 Å². The van der Waals surface area contributed by atoms with Gasteiger partial charge in [-0.25, -0.2) is 10.4 Å². The van der Waals surface area contributed by atoms with Crippen LogP contribution in [0, 0.1) is 11.3 Å². The van der Waals surface area contributed by atoms with Crippen molar-refractivity contribution in [1.29, 1.82) is 5.26 Å². The van der Waals surface area contributed by atoms with Gasteiger partial charge in [0.25, 0.3) is 5.56 Å². The van der Waals surface area contributed by atoms with E-state index in [1.165, 1.54) is 17.7 Å². The first kappa shape index (κ1) is 20.4. The number of aromatic amines is 1. The van der Waals surface area contributed by atoms with Crippen molar-refractivity contribution in [2.75, 3.05) is 11.2 Å². The van der Waals surface area contributed by atoms with E-state index in [2.05, 4.69) is 39.6 Å². The predicted molar refractivity (Wildman–Crippen MR) is 118 cm³/mol. The van der Waals surface area contributed by atoms with E-state index in [4.69, 9.17) is 0 Å². The molecule has 0 spiro atoms. The Labute approximate surface area is 173 Å². The summed E-state index contributed by atoms with van der Waals surface area (Å²) in [4.78, 5) is 20.4. The van der Waals surface area contributed by atoms with E-state index in [0.29, 0.717) is 11.3 Å². The number of aromatic nitrogens is 2. The number of nitriles is 1. The molecule has 3 aromatic rings. The number of rotatable bonds is 8. The number of hydrogen-bond acceptors (Lipinski definition) is 6. The molecule has 0 bridgehead atoms. The molecule has 2 aromatic carbocycles. The Balaban J connectivity index is 1.78. The first-order valence-corrected chi connectivity index (χ1v) is 10.3. The van der Waals surface area contributed by atoms with E-state index in [-0.39, 0.29) is 11.5 Å². The lowest BCUT2D eigenvalue weighted by atomic mass is 10.1. The van der Waals surface area contributed by atoms with Crippen molar-refractivity contribution in [3.05, 3.63) is 76.1 Å². The van der Waals surface area contributed by atoms with Crippen LogP contribution in [0.3, 0.4) is 0 Å². The van der Waals surface area contributed by atoms with Crippen molar-refractivity contribution in [3.63, 3.8) is 0 Å². The molecule has 7 heteroatoms. The molecule has 3 rings (SSSR count). The Hall–Kier alpha value is -3.37. The third kappa shape index (κ3) is 5.56. The molecule has 0 amide bonds. The second-order valence-electron chi connectivity index (χ2n) is 6.26. The van der Waals surface area contributed by atoms with Crippen LogP contribution in [0.4, 0.5) is 5.95 Å². The first-order chi connectivity index (χ1) is 14.2. The number of anilines is 1. The van der Waals surface area contributed by atoms with Gasteiger partial charge in [0.15, 0.2) is 0 Å². The molecule has 29 heavy (non-hydrogen) atoms. The lowest BCUT2D eigenvalue weighted by Gasteiger charge is -2.06. The smallest absolute Gasteiger partial charge is 0.270 e. The van der Waals surface area contributed by atoms with Crippen molar-refractivity contribution in [2.45, 2.75) is 24.7 Å². The molecule has 0 saturated heterocycles. The van der Waals surface area contributed by atoms with Crippen molar-refractivity contribution in [2.24, 2.45) is 5.10 Å². The number of nitrogens with zero attached hydrogens (tertiary/aromatic N) is 3. The second kappa shape index (κ2) is 10.2. The van der Waals surface area contributed by atoms with Gasteiger partial charge in [-0.2, -0.15) is 10.4 Å². The monoisotopic (exact) mass is 403 g/mol. The summed E-state index contributed by atoms with van der Waals surface area (Å²) in [6.07, 6.45) is 4.04. The fraction of sp³-hybridized carbons (Fsp3) is 0.182. The van der Waals surface area contributed by atoms with Crippen molar-refractivity contribution < 1.29 is 0 Å². The van der Waals surface area contributed by atoms with Gasteiger partial charge in [0.1, 0.15) is 11.6 Å². The summed E-state index contributed by atoms with van der Waals surface area (Å²) in [5, 5.41) is 13.5. The first-order valence-electron chi connectivity index (χ1n) is 9.33. The maximum Gasteiger partial charge on any atom is 0.270 e. The third-order valence-corrected chi connectivity index (χ3v) is 5.17. The Morgan fingerprint density at radius 1 is 1.24 bits per heavy atom. The summed E-state index contributed by atoms with van der Waals surface area (Å²) < 4.78 is 0. The van der Waals surface area contributed by atoms with Crippen LogP contribution in [-0.4, -0.2) is 21.9 Å². The number of benzene rings is 2. The topological polar surface area (TPSA) is 93.9 Å². The third-order valence-electron chi connectivity index (χ3n) is 4.09. The van der Waals surface area contributed by atoms with E-state index < -0.39 is 5.56 Å². The number of hydrogen-bond donors (Lipinski definition) is 2. The predicted octanol–water partition coefficient (Wildman–Crippen LogP) is 4.65. The lowest BCUT2D eigenvalue weighted by molar-refractivity contribution is 0.896. The maximum absolute atomic E-state index is 12.3. The molecule has 0 aliphatic carbocycles. The highest BCUT2D eigenvalue weighted by Crippen LogP contribution is 2.21. The van der Waals surface area contributed by atoms with Gasteiger partial charge < -0.3 is 0 Å². The van der Waals surface area contributed by atoms with Crippen LogP contribution in [-0.2, 0) is 0 Å². The van der Waals surface area contributed by atoms with E-state index in [1.54, 1.807) is 18.3 Å². The van der Waals surface area contributed by atoms with Crippen LogP contribution in [0.1, 0.15) is 30.9 Å². The maximum atomic E-state index is 12.3. The van der Waals surface area contributed by atoms with Crippen LogP contribution >= 0.6 is 11.8 Å². The van der Waals surface area contributed by atoms with E-state index in [1.807, 2.05) is 48.2 Å². The summed E-state index contributed by atoms with van der Waals surface area (Å²) in [5.74, 6) is 1.27. The van der Waals surface area contributed by atoms with Gasteiger partial charge in [-0.3, -0.25) is 9.78 Å². The summed E-state index contributed by atoms with van der Waals surface area (Å²) in [6.45, 7) is 2.18. The summed E-state index contributed by atoms with van der Waals surface area (Å²) in [6, 6.07) is 19.1.